The summed E-state index contributed by atoms with van der Waals surface area (Å²) in [6.07, 6.45) is 1.92. The van der Waals surface area contributed by atoms with Crippen molar-refractivity contribution in [3.8, 4) is 11.5 Å². The Bertz CT molecular complexity index is 3720. The molecule has 0 atom stereocenters. The molecule has 334 valence electrons. The van der Waals surface area contributed by atoms with Crippen LogP contribution >= 0.6 is 0 Å². The Labute approximate surface area is 384 Å². The average Bonchev–Trinajstić information content (AvgIpc) is 3.32. The third-order valence-electron chi connectivity index (χ3n) is 10.9. The van der Waals surface area contributed by atoms with Crippen molar-refractivity contribution in [1.29, 1.82) is 0 Å². The number of benzene rings is 9. The van der Waals surface area contributed by atoms with Crippen molar-refractivity contribution in [3.63, 3.8) is 0 Å². The molecule has 0 heterocycles. The van der Waals surface area contributed by atoms with Crippen LogP contribution < -0.4 is 10.1 Å². The van der Waals surface area contributed by atoms with Crippen molar-refractivity contribution in [2.75, 3.05) is 11.9 Å². The van der Waals surface area contributed by atoms with Crippen molar-refractivity contribution < 1.29 is 35.8 Å². The van der Waals surface area contributed by atoms with Gasteiger partial charge in [-0.05, 0) is 120 Å². The van der Waals surface area contributed by atoms with Gasteiger partial charge in [-0.1, -0.05) is 67.9 Å². The molecule has 0 bridgehead atoms. The molecule has 9 aromatic rings. The molecule has 4 N–H and O–H groups in total. The van der Waals surface area contributed by atoms with Crippen molar-refractivity contribution in [2.24, 2.45) is 30.7 Å². The number of phenolic OH excluding ortho intramolecular Hbond substituents is 1. The van der Waals surface area contributed by atoms with Gasteiger partial charge in [-0.25, -0.2) is 0 Å². The van der Waals surface area contributed by atoms with Crippen molar-refractivity contribution >= 4 is 109 Å². The Balaban J connectivity index is 1.06. The minimum atomic E-state index is -4.65. The fourth-order valence-corrected chi connectivity index (χ4v) is 8.50. The number of ether oxygens (including phenoxy) is 1. The highest BCUT2D eigenvalue weighted by Gasteiger charge is 2.17. The zero-order valence-corrected chi connectivity index (χ0v) is 37.1. The molecule has 17 heteroatoms. The summed E-state index contributed by atoms with van der Waals surface area (Å²) in [4.78, 5) is -0.784. The van der Waals surface area contributed by atoms with Crippen LogP contribution in [0.5, 0.6) is 11.5 Å². The van der Waals surface area contributed by atoms with Gasteiger partial charge in [-0.3, -0.25) is 9.11 Å². The maximum Gasteiger partial charge on any atom is 0.294 e. The number of fused-ring (bicyclic) bond motifs is 4. The lowest BCUT2D eigenvalue weighted by Crippen LogP contribution is -1.97. The van der Waals surface area contributed by atoms with Gasteiger partial charge in [-0.2, -0.15) is 21.9 Å². The lowest BCUT2D eigenvalue weighted by atomic mass is 10.1. The molecule has 0 saturated carbocycles. The second kappa shape index (κ2) is 18.5. The summed E-state index contributed by atoms with van der Waals surface area (Å²) in [5.41, 5.74) is 3.46. The lowest BCUT2D eigenvalue weighted by Gasteiger charge is -2.10. The van der Waals surface area contributed by atoms with Crippen LogP contribution in [0.25, 0.3) is 43.1 Å². The summed E-state index contributed by atoms with van der Waals surface area (Å²) in [6.45, 7) is 2.68. The molecule has 9 rings (SSSR count). The van der Waals surface area contributed by atoms with Gasteiger partial charge in [-0.15, -0.1) is 25.6 Å². The first kappa shape index (κ1) is 44.3. The molecule has 0 saturated heterocycles. The fourth-order valence-electron chi connectivity index (χ4n) is 7.48. The van der Waals surface area contributed by atoms with E-state index >= 15 is 0 Å². The number of hydrogen-bond donors (Lipinski definition) is 4. The highest BCUT2D eigenvalue weighted by atomic mass is 32.2. The molecular formula is C50H39N7O8S2. The molecule has 0 fully saturated rings. The van der Waals surface area contributed by atoms with Gasteiger partial charge in [0.2, 0.25) is 0 Å². The minimum absolute atomic E-state index is 0.117. The van der Waals surface area contributed by atoms with E-state index in [1.165, 1.54) is 42.5 Å². The van der Waals surface area contributed by atoms with Crippen LogP contribution in [0, 0.1) is 0 Å². The predicted octanol–water partition coefficient (Wildman–Crippen LogP) is 14.7. The number of para-hydroxylation sites is 1. The van der Waals surface area contributed by atoms with Crippen LogP contribution in [0.15, 0.2) is 198 Å². The number of azo groups is 3. The van der Waals surface area contributed by atoms with Crippen LogP contribution in [0.1, 0.15) is 19.8 Å². The molecular weight excluding hydrogens is 891 g/mol. The highest BCUT2D eigenvalue weighted by molar-refractivity contribution is 7.86. The number of nitrogens with one attached hydrogen (secondary N) is 1. The first-order valence-electron chi connectivity index (χ1n) is 20.9. The Hall–Kier alpha value is -7.96. The van der Waals surface area contributed by atoms with E-state index in [-0.39, 0.29) is 44.2 Å². The summed E-state index contributed by atoms with van der Waals surface area (Å²) in [6, 6.07) is 44.2. The molecule has 15 nitrogen and oxygen atoms in total. The molecule has 0 aliphatic carbocycles. The first-order valence-corrected chi connectivity index (χ1v) is 23.8. The van der Waals surface area contributed by atoms with Gasteiger partial charge in [0.15, 0.2) is 5.75 Å². The molecule has 0 aliphatic rings. The Morgan fingerprint density at radius 1 is 0.478 bits per heavy atom. The number of phenols is 1. The topological polar surface area (TPSA) is 224 Å². The number of hydrogen-bond acceptors (Lipinski definition) is 13. The Kier molecular flexibility index (Phi) is 12.2. The lowest BCUT2D eigenvalue weighted by molar-refractivity contribution is 0.313. The van der Waals surface area contributed by atoms with Crippen molar-refractivity contribution in [1.82, 2.24) is 0 Å². The van der Waals surface area contributed by atoms with E-state index < -0.39 is 25.1 Å². The Morgan fingerprint density at radius 2 is 1.03 bits per heavy atom. The summed E-state index contributed by atoms with van der Waals surface area (Å²) < 4.78 is 75.1. The van der Waals surface area contributed by atoms with Gasteiger partial charge in [0.1, 0.15) is 11.4 Å². The summed E-state index contributed by atoms with van der Waals surface area (Å²) in [7, 11) is -9.27. The van der Waals surface area contributed by atoms with E-state index in [4.69, 9.17) is 4.74 Å². The van der Waals surface area contributed by atoms with Gasteiger partial charge in [0, 0.05) is 43.7 Å². The van der Waals surface area contributed by atoms with Crippen molar-refractivity contribution in [3.05, 3.63) is 158 Å². The SMILES string of the molecule is CCCCOc1cccc2ccc(N=Nc3ccc(N=Nc4ccc(N=Nc5ccc6cc(Nc7ccccc7)ccc6c5O)c5cc(S(=O)(=O)O)ccc45)c4cc(S(=O)(=O)O)ccc34)cc12. The summed E-state index contributed by atoms with van der Waals surface area (Å²) in [5, 5.41) is 45.7. The number of anilines is 2. The molecule has 0 amide bonds. The minimum Gasteiger partial charge on any atom is -0.505 e. The van der Waals surface area contributed by atoms with Crippen LogP contribution in [0.2, 0.25) is 0 Å². The fraction of sp³-hybridized carbons (Fsp3) is 0.0800. The van der Waals surface area contributed by atoms with Crippen molar-refractivity contribution in [2.45, 2.75) is 29.6 Å². The van der Waals surface area contributed by atoms with Gasteiger partial charge in [0.05, 0.1) is 44.8 Å². The standard InChI is InChI=1S/C50H39N7O8S2/c1-2-3-26-65-49-11-7-8-31-12-14-35(28-41(31)49)52-53-44-22-24-46(42-29-36(66(59,60)61)16-19-39(42)44)55-54-45-23-25-47(43-30-37(67(62,63)64)17-20-40(43)45)56-57-48-21-13-32-27-34(15-18-38(32)50(48)58)51-33-9-5-4-6-10-33/h4-25,27-30,51,58H,2-3,26H2,1H3,(H,59,60,61)(H,62,63,64). The molecule has 0 unspecified atom stereocenters. The van der Waals surface area contributed by atoms with E-state index in [1.54, 1.807) is 36.4 Å². The molecule has 0 aliphatic heterocycles. The maximum atomic E-state index is 12.3. The quantitative estimate of drug-likeness (QED) is 0.0461. The van der Waals surface area contributed by atoms with Gasteiger partial charge < -0.3 is 15.2 Å². The van der Waals surface area contributed by atoms with Crippen LogP contribution in [0.3, 0.4) is 0 Å². The number of nitrogens with zero attached hydrogens (tertiary/aromatic N) is 6. The second-order valence-corrected chi connectivity index (χ2v) is 18.2. The molecule has 67 heavy (non-hydrogen) atoms. The van der Waals surface area contributed by atoms with Crippen LogP contribution in [-0.4, -0.2) is 37.7 Å². The normalized spacial score (nSPS) is 12.4. The van der Waals surface area contributed by atoms with E-state index in [0.717, 1.165) is 46.1 Å². The number of rotatable bonds is 14. The summed E-state index contributed by atoms with van der Waals surface area (Å²) >= 11 is 0. The molecule has 0 aromatic heterocycles. The van der Waals surface area contributed by atoms with Gasteiger partial charge in [0.25, 0.3) is 20.2 Å². The van der Waals surface area contributed by atoms with E-state index in [2.05, 4.69) is 42.9 Å². The highest BCUT2D eigenvalue weighted by Crippen LogP contribution is 2.42. The first-order chi connectivity index (χ1) is 32.3. The predicted molar refractivity (Wildman–Crippen MR) is 260 cm³/mol. The van der Waals surface area contributed by atoms with E-state index in [9.17, 15) is 31.0 Å². The average molecular weight is 930 g/mol. The summed E-state index contributed by atoms with van der Waals surface area (Å²) in [5.74, 6) is 0.619. The largest absolute Gasteiger partial charge is 0.505 e. The number of unbranched alkanes of at least 4 members (excludes halogenated alkanes) is 1. The van der Waals surface area contributed by atoms with Crippen LogP contribution in [-0.2, 0) is 20.2 Å². The van der Waals surface area contributed by atoms with Crippen LogP contribution in [0.4, 0.5) is 45.5 Å². The smallest absolute Gasteiger partial charge is 0.294 e. The Morgan fingerprint density at radius 3 is 1.64 bits per heavy atom. The monoisotopic (exact) mass is 929 g/mol. The molecule has 0 spiro atoms. The third kappa shape index (κ3) is 9.71. The third-order valence-corrected chi connectivity index (χ3v) is 12.6. The maximum absolute atomic E-state index is 12.3. The zero-order valence-electron chi connectivity index (χ0n) is 35.5. The molecule has 9 aromatic carbocycles. The number of aromatic hydroxyl groups is 1. The van der Waals surface area contributed by atoms with Gasteiger partial charge >= 0.3 is 0 Å². The second-order valence-electron chi connectivity index (χ2n) is 15.4. The zero-order chi connectivity index (χ0) is 46.7. The van der Waals surface area contributed by atoms with E-state index in [1.807, 2.05) is 78.9 Å². The molecule has 0 radical (unpaired) electrons. The van der Waals surface area contributed by atoms with E-state index in [0.29, 0.717) is 34.1 Å².